The third kappa shape index (κ3) is 4.81. The summed E-state index contributed by atoms with van der Waals surface area (Å²) in [5.41, 5.74) is 0.495. The summed E-state index contributed by atoms with van der Waals surface area (Å²) in [6.07, 6.45) is 1.37. The fourth-order valence-corrected chi connectivity index (χ4v) is 4.10. The summed E-state index contributed by atoms with van der Waals surface area (Å²) in [5, 5.41) is 16.8. The number of aromatic nitrogens is 4. The highest BCUT2D eigenvalue weighted by molar-refractivity contribution is 7.16. The lowest BCUT2D eigenvalue weighted by Crippen LogP contribution is -2.44. The normalized spacial score (nSPS) is 15.4. The fourth-order valence-electron chi connectivity index (χ4n) is 3.33. The van der Waals surface area contributed by atoms with E-state index in [1.54, 1.807) is 16.2 Å². The molecule has 9 nitrogen and oxygen atoms in total. The lowest BCUT2D eigenvalue weighted by Gasteiger charge is -2.33. The first-order valence-electron chi connectivity index (χ1n) is 10.1. The van der Waals surface area contributed by atoms with Crippen LogP contribution in [0, 0.1) is 6.92 Å². The first-order chi connectivity index (χ1) is 14.3. The molecule has 3 aromatic heterocycles. The van der Waals surface area contributed by atoms with E-state index in [0.29, 0.717) is 19.0 Å². The van der Waals surface area contributed by atoms with Gasteiger partial charge in [-0.25, -0.2) is 9.78 Å². The number of nitrogens with one attached hydrogen (secondary N) is 3. The van der Waals surface area contributed by atoms with Crippen molar-refractivity contribution in [2.45, 2.75) is 52.2 Å². The zero-order chi connectivity index (χ0) is 21.3. The first kappa shape index (κ1) is 20.4. The van der Waals surface area contributed by atoms with Crippen molar-refractivity contribution in [2.75, 3.05) is 23.7 Å². The van der Waals surface area contributed by atoms with Crippen molar-refractivity contribution in [3.63, 3.8) is 0 Å². The molecule has 4 heterocycles. The van der Waals surface area contributed by atoms with Crippen molar-refractivity contribution in [1.82, 2.24) is 25.1 Å². The molecular formula is C20H27N7O2S. The van der Waals surface area contributed by atoms with Crippen molar-refractivity contribution in [3.8, 4) is 0 Å². The van der Waals surface area contributed by atoms with E-state index in [1.807, 2.05) is 45.2 Å². The van der Waals surface area contributed by atoms with Crippen LogP contribution in [0.3, 0.4) is 0 Å². The van der Waals surface area contributed by atoms with Crippen molar-refractivity contribution < 1.29 is 9.53 Å². The number of carbonyl (C=O) groups is 1. The van der Waals surface area contributed by atoms with Gasteiger partial charge in [-0.15, -0.1) is 11.3 Å². The van der Waals surface area contributed by atoms with Gasteiger partial charge in [0.05, 0.1) is 5.39 Å². The molecule has 0 bridgehead atoms. The van der Waals surface area contributed by atoms with Gasteiger partial charge in [-0.05, 0) is 52.0 Å². The third-order valence-electron chi connectivity index (χ3n) is 4.76. The Morgan fingerprint density at radius 2 is 2.07 bits per heavy atom. The standard InChI is InChI=1S/C20H27N7O2S/c1-12-11-15(26-25-12)22-16-14-7-10-30-17(14)24-18(23-16)21-13-5-8-27(9-6-13)19(28)29-20(2,3)4/h7,10-11,13H,5-6,8-9H2,1-4H3,(H3,21,22,23,24,25,26). The Morgan fingerprint density at radius 1 is 1.30 bits per heavy atom. The van der Waals surface area contributed by atoms with Gasteiger partial charge in [0.1, 0.15) is 16.2 Å². The maximum atomic E-state index is 12.3. The highest BCUT2D eigenvalue weighted by Crippen LogP contribution is 2.29. The molecule has 160 valence electrons. The van der Waals surface area contributed by atoms with Gasteiger partial charge in [-0.1, -0.05) is 0 Å². The number of aryl methyl sites for hydroxylation is 1. The summed E-state index contributed by atoms with van der Waals surface area (Å²) >= 11 is 1.57. The molecule has 4 rings (SSSR count). The summed E-state index contributed by atoms with van der Waals surface area (Å²) in [4.78, 5) is 24.3. The first-order valence-corrected chi connectivity index (χ1v) is 10.9. The van der Waals surface area contributed by atoms with Crippen LogP contribution >= 0.6 is 11.3 Å². The Bertz CT molecular complexity index is 1030. The molecule has 3 N–H and O–H groups in total. The maximum absolute atomic E-state index is 12.3. The number of likely N-dealkylation sites (tertiary alicyclic amines) is 1. The van der Waals surface area contributed by atoms with Crippen LogP contribution in [0.25, 0.3) is 10.2 Å². The Hall–Kier alpha value is -2.88. The van der Waals surface area contributed by atoms with E-state index in [9.17, 15) is 4.79 Å². The van der Waals surface area contributed by atoms with Crippen molar-refractivity contribution in [1.29, 1.82) is 0 Å². The molecule has 0 spiro atoms. The summed E-state index contributed by atoms with van der Waals surface area (Å²) in [7, 11) is 0. The van der Waals surface area contributed by atoms with Crippen LogP contribution in [0.5, 0.6) is 0 Å². The molecule has 10 heteroatoms. The zero-order valence-electron chi connectivity index (χ0n) is 17.7. The molecule has 1 aliphatic heterocycles. The average molecular weight is 430 g/mol. The number of rotatable bonds is 4. The lowest BCUT2D eigenvalue weighted by molar-refractivity contribution is 0.0210. The second-order valence-electron chi connectivity index (χ2n) is 8.48. The van der Waals surface area contributed by atoms with E-state index in [2.05, 4.69) is 30.8 Å². The number of anilines is 3. The second kappa shape index (κ2) is 8.10. The van der Waals surface area contributed by atoms with Gasteiger partial charge in [-0.2, -0.15) is 10.1 Å². The van der Waals surface area contributed by atoms with Crippen LogP contribution in [0.2, 0.25) is 0 Å². The van der Waals surface area contributed by atoms with Gasteiger partial charge in [0.15, 0.2) is 5.82 Å². The molecule has 0 radical (unpaired) electrons. The molecule has 1 fully saturated rings. The molecule has 0 atom stereocenters. The molecule has 30 heavy (non-hydrogen) atoms. The Kier molecular flexibility index (Phi) is 5.50. The number of carbonyl (C=O) groups excluding carboxylic acids is 1. The second-order valence-corrected chi connectivity index (χ2v) is 9.38. The van der Waals surface area contributed by atoms with Gasteiger partial charge in [-0.3, -0.25) is 5.10 Å². The number of piperidine rings is 1. The Morgan fingerprint density at radius 3 is 2.73 bits per heavy atom. The van der Waals surface area contributed by atoms with Crippen LogP contribution < -0.4 is 10.6 Å². The van der Waals surface area contributed by atoms with E-state index in [-0.39, 0.29) is 12.1 Å². The van der Waals surface area contributed by atoms with Gasteiger partial charge >= 0.3 is 6.09 Å². The van der Waals surface area contributed by atoms with E-state index < -0.39 is 5.60 Å². The van der Waals surface area contributed by atoms with E-state index >= 15 is 0 Å². The number of fused-ring (bicyclic) bond motifs is 1. The molecule has 1 saturated heterocycles. The zero-order valence-corrected chi connectivity index (χ0v) is 18.5. The fraction of sp³-hybridized carbons (Fsp3) is 0.500. The topological polar surface area (TPSA) is 108 Å². The number of nitrogens with zero attached hydrogens (tertiary/aromatic N) is 4. The minimum absolute atomic E-state index is 0.196. The predicted molar refractivity (Wildman–Crippen MR) is 118 cm³/mol. The summed E-state index contributed by atoms with van der Waals surface area (Å²) in [6, 6.07) is 4.13. The predicted octanol–water partition coefficient (Wildman–Crippen LogP) is 4.28. The van der Waals surface area contributed by atoms with E-state index in [1.165, 1.54) is 0 Å². The molecular weight excluding hydrogens is 402 g/mol. The van der Waals surface area contributed by atoms with Crippen LogP contribution in [-0.4, -0.2) is 55.9 Å². The van der Waals surface area contributed by atoms with Crippen molar-refractivity contribution in [3.05, 3.63) is 23.2 Å². The van der Waals surface area contributed by atoms with Crippen LogP contribution in [0.15, 0.2) is 17.5 Å². The maximum Gasteiger partial charge on any atom is 0.410 e. The summed E-state index contributed by atoms with van der Waals surface area (Å²) in [5.74, 6) is 2.02. The number of aromatic amines is 1. The average Bonchev–Trinajstić information content (AvgIpc) is 3.30. The smallest absolute Gasteiger partial charge is 0.410 e. The van der Waals surface area contributed by atoms with Gasteiger partial charge in [0, 0.05) is 30.9 Å². The molecule has 0 aromatic carbocycles. The molecule has 1 amide bonds. The minimum Gasteiger partial charge on any atom is -0.444 e. The van der Waals surface area contributed by atoms with E-state index in [4.69, 9.17) is 4.74 Å². The molecule has 1 aliphatic rings. The number of H-pyrrole nitrogens is 1. The quantitative estimate of drug-likeness (QED) is 0.568. The molecule has 0 unspecified atom stereocenters. The van der Waals surface area contributed by atoms with Crippen molar-refractivity contribution >= 4 is 45.2 Å². The molecule has 0 aliphatic carbocycles. The SMILES string of the molecule is Cc1cc(Nc2nc(NC3CCN(C(=O)OC(C)(C)C)CC3)nc3sccc23)n[nH]1. The minimum atomic E-state index is -0.480. The number of hydrogen-bond donors (Lipinski definition) is 3. The van der Waals surface area contributed by atoms with Gasteiger partial charge < -0.3 is 20.3 Å². The monoisotopic (exact) mass is 429 g/mol. The highest BCUT2D eigenvalue weighted by Gasteiger charge is 2.27. The third-order valence-corrected chi connectivity index (χ3v) is 5.56. The highest BCUT2D eigenvalue weighted by atomic mass is 32.1. The largest absolute Gasteiger partial charge is 0.444 e. The number of ether oxygens (including phenoxy) is 1. The van der Waals surface area contributed by atoms with Crippen LogP contribution in [-0.2, 0) is 4.74 Å². The molecule has 3 aromatic rings. The van der Waals surface area contributed by atoms with Gasteiger partial charge in [0.25, 0.3) is 0 Å². The lowest BCUT2D eigenvalue weighted by atomic mass is 10.1. The Balaban J connectivity index is 1.43. The van der Waals surface area contributed by atoms with Crippen molar-refractivity contribution in [2.24, 2.45) is 0 Å². The summed E-state index contributed by atoms with van der Waals surface area (Å²) < 4.78 is 5.47. The summed E-state index contributed by atoms with van der Waals surface area (Å²) in [6.45, 7) is 8.89. The van der Waals surface area contributed by atoms with E-state index in [0.717, 1.165) is 40.4 Å². The van der Waals surface area contributed by atoms with Crippen LogP contribution in [0.1, 0.15) is 39.3 Å². The Labute approximate surface area is 179 Å². The number of hydrogen-bond acceptors (Lipinski definition) is 8. The number of amides is 1. The number of thiophene rings is 1. The van der Waals surface area contributed by atoms with Gasteiger partial charge in [0.2, 0.25) is 5.95 Å². The molecule has 0 saturated carbocycles. The van der Waals surface area contributed by atoms with Crippen LogP contribution in [0.4, 0.5) is 22.4 Å².